The number of piperidine rings is 1. The van der Waals surface area contributed by atoms with Crippen LogP contribution >= 0.6 is 0 Å². The molecule has 4 heterocycles. The number of carboxylic acid groups (broad SMARTS) is 1. The number of hydrogen-bond donors (Lipinski definition) is 2. The Morgan fingerprint density at radius 2 is 2.21 bits per heavy atom. The first-order valence-electron chi connectivity index (χ1n) is 9.21. The molecule has 148 valence electrons. The van der Waals surface area contributed by atoms with Crippen LogP contribution in [0.3, 0.4) is 0 Å². The van der Waals surface area contributed by atoms with Crippen LogP contribution in [-0.2, 0) is 17.8 Å². The van der Waals surface area contributed by atoms with Gasteiger partial charge in [-0.05, 0) is 44.0 Å². The first-order chi connectivity index (χ1) is 13.6. The Morgan fingerprint density at radius 3 is 3.00 bits per heavy atom. The van der Waals surface area contributed by atoms with E-state index in [1.54, 1.807) is 6.07 Å². The number of nitrogens with zero attached hydrogens (tertiary/aromatic N) is 3. The maximum Gasteiger partial charge on any atom is 0.290 e. The van der Waals surface area contributed by atoms with Gasteiger partial charge in [0.05, 0.1) is 11.5 Å². The molecule has 0 saturated carbocycles. The molecule has 9 heteroatoms. The maximum absolute atomic E-state index is 14.2. The van der Waals surface area contributed by atoms with Crippen molar-refractivity contribution in [2.45, 2.75) is 37.9 Å². The minimum Gasteiger partial charge on any atom is -0.483 e. The van der Waals surface area contributed by atoms with Gasteiger partial charge < -0.3 is 19.5 Å². The minimum absolute atomic E-state index is 0.250. The molecule has 2 aliphatic heterocycles. The van der Waals surface area contributed by atoms with E-state index in [9.17, 15) is 8.78 Å². The standard InChI is InChI=1S/C18H18F2N4O.CH2O2/c19-10-3-4-14-12(8-10)16(15-2-1-7-24(14)15)17-22-18(25-23-17)11-5-6-21-9-13(11)20;2-1-3/h3-4,8,11,13,21H,1-2,5-7,9H2;1H,(H,2,3)/t11-,13+;/m1./s1. The summed E-state index contributed by atoms with van der Waals surface area (Å²) >= 11 is 0. The summed E-state index contributed by atoms with van der Waals surface area (Å²) in [6.45, 7) is 1.69. The molecule has 0 radical (unpaired) electrons. The van der Waals surface area contributed by atoms with Crippen LogP contribution in [0.4, 0.5) is 8.78 Å². The molecule has 1 aromatic carbocycles. The van der Waals surface area contributed by atoms with E-state index in [0.29, 0.717) is 24.7 Å². The average Bonchev–Trinajstić information content (AvgIpc) is 3.38. The summed E-state index contributed by atoms with van der Waals surface area (Å²) in [5.74, 6) is 0.114. The first kappa shape index (κ1) is 18.5. The summed E-state index contributed by atoms with van der Waals surface area (Å²) in [5, 5.41) is 14.8. The zero-order chi connectivity index (χ0) is 19.7. The molecule has 7 nitrogen and oxygen atoms in total. The predicted octanol–water partition coefficient (Wildman–Crippen LogP) is 2.89. The Bertz CT molecular complexity index is 1000. The molecule has 2 aliphatic rings. The van der Waals surface area contributed by atoms with Crippen LogP contribution in [0.5, 0.6) is 0 Å². The van der Waals surface area contributed by atoms with Crippen LogP contribution in [0, 0.1) is 5.82 Å². The van der Waals surface area contributed by atoms with E-state index < -0.39 is 6.17 Å². The molecule has 5 rings (SSSR count). The van der Waals surface area contributed by atoms with Crippen molar-refractivity contribution < 1.29 is 23.2 Å². The number of carbonyl (C=O) groups is 1. The Morgan fingerprint density at radius 1 is 1.39 bits per heavy atom. The number of hydrogen-bond acceptors (Lipinski definition) is 5. The lowest BCUT2D eigenvalue weighted by molar-refractivity contribution is -0.122. The van der Waals surface area contributed by atoms with E-state index in [-0.39, 0.29) is 18.2 Å². The summed E-state index contributed by atoms with van der Waals surface area (Å²) < 4.78 is 35.6. The van der Waals surface area contributed by atoms with Crippen LogP contribution < -0.4 is 5.32 Å². The molecule has 0 aliphatic carbocycles. The zero-order valence-electron chi connectivity index (χ0n) is 15.1. The minimum atomic E-state index is -1.03. The molecule has 2 aromatic heterocycles. The number of fused-ring (bicyclic) bond motifs is 3. The lowest BCUT2D eigenvalue weighted by atomic mass is 9.96. The molecule has 0 spiro atoms. The molecule has 1 fully saturated rings. The fourth-order valence-corrected chi connectivity index (χ4v) is 4.14. The molecular formula is C19H20F2N4O3. The highest BCUT2D eigenvalue weighted by atomic mass is 19.1. The zero-order valence-corrected chi connectivity index (χ0v) is 15.1. The smallest absolute Gasteiger partial charge is 0.290 e. The lowest BCUT2D eigenvalue weighted by Crippen LogP contribution is -2.36. The van der Waals surface area contributed by atoms with E-state index in [1.807, 2.05) is 0 Å². The van der Waals surface area contributed by atoms with Gasteiger partial charge in [0.1, 0.15) is 12.0 Å². The van der Waals surface area contributed by atoms with Gasteiger partial charge in [-0.15, -0.1) is 0 Å². The third-order valence-corrected chi connectivity index (χ3v) is 5.32. The van der Waals surface area contributed by atoms with Gasteiger partial charge in [-0.3, -0.25) is 4.79 Å². The number of aryl methyl sites for hydroxylation is 1. The van der Waals surface area contributed by atoms with Gasteiger partial charge in [-0.1, -0.05) is 5.16 Å². The highest BCUT2D eigenvalue weighted by Gasteiger charge is 2.32. The first-order valence-corrected chi connectivity index (χ1v) is 9.21. The Hall–Kier alpha value is -2.81. The SMILES string of the molecule is Fc1ccc2c(c1)c(-c1noc([C@@H]3CCNC[C@@H]3F)n1)c1n2CCC1.O=CO. The Kier molecular flexibility index (Phi) is 5.08. The van der Waals surface area contributed by atoms with E-state index >= 15 is 0 Å². The summed E-state index contributed by atoms with van der Waals surface area (Å²) in [7, 11) is 0. The predicted molar refractivity (Wildman–Crippen MR) is 97.3 cm³/mol. The fourth-order valence-electron chi connectivity index (χ4n) is 4.14. The third kappa shape index (κ3) is 3.15. The monoisotopic (exact) mass is 390 g/mol. The van der Waals surface area contributed by atoms with Crippen molar-refractivity contribution in [3.8, 4) is 11.4 Å². The molecule has 0 unspecified atom stereocenters. The normalized spacial score (nSPS) is 21.2. The van der Waals surface area contributed by atoms with Gasteiger partial charge in [0.2, 0.25) is 11.7 Å². The van der Waals surface area contributed by atoms with Crippen molar-refractivity contribution in [2.75, 3.05) is 13.1 Å². The summed E-state index contributed by atoms with van der Waals surface area (Å²) in [4.78, 5) is 12.9. The number of aromatic nitrogens is 3. The fraction of sp³-hybridized carbons (Fsp3) is 0.421. The van der Waals surface area contributed by atoms with Gasteiger partial charge in [0, 0.05) is 29.7 Å². The third-order valence-electron chi connectivity index (χ3n) is 5.32. The van der Waals surface area contributed by atoms with E-state index in [2.05, 4.69) is 20.0 Å². The lowest BCUT2D eigenvalue weighted by Gasteiger charge is -2.23. The van der Waals surface area contributed by atoms with E-state index in [0.717, 1.165) is 48.1 Å². The van der Waals surface area contributed by atoms with Crippen LogP contribution in [0.1, 0.15) is 30.3 Å². The second-order valence-corrected chi connectivity index (χ2v) is 6.92. The number of halogens is 2. The van der Waals surface area contributed by atoms with Gasteiger partial charge >= 0.3 is 0 Å². The topological polar surface area (TPSA) is 93.2 Å². The van der Waals surface area contributed by atoms with Crippen molar-refractivity contribution in [1.82, 2.24) is 20.0 Å². The van der Waals surface area contributed by atoms with Gasteiger partial charge in [-0.25, -0.2) is 8.78 Å². The summed E-state index contributed by atoms with van der Waals surface area (Å²) in [6.07, 6.45) is 1.54. The molecule has 28 heavy (non-hydrogen) atoms. The maximum atomic E-state index is 14.2. The number of nitrogens with one attached hydrogen (secondary N) is 1. The second-order valence-electron chi connectivity index (χ2n) is 6.92. The van der Waals surface area contributed by atoms with Crippen molar-refractivity contribution in [3.05, 3.63) is 35.6 Å². The van der Waals surface area contributed by atoms with E-state index in [4.69, 9.17) is 14.4 Å². The number of rotatable bonds is 2. The molecule has 2 N–H and O–H groups in total. The molecule has 0 amide bonds. The average molecular weight is 390 g/mol. The molecule has 1 saturated heterocycles. The van der Waals surface area contributed by atoms with Gasteiger partial charge in [-0.2, -0.15) is 4.98 Å². The van der Waals surface area contributed by atoms with Crippen molar-refractivity contribution in [3.63, 3.8) is 0 Å². The quantitative estimate of drug-likeness (QED) is 0.654. The largest absolute Gasteiger partial charge is 0.483 e. The molecule has 2 atom stereocenters. The van der Waals surface area contributed by atoms with Crippen molar-refractivity contribution in [2.24, 2.45) is 0 Å². The van der Waals surface area contributed by atoms with Crippen LogP contribution in [0.15, 0.2) is 22.7 Å². The van der Waals surface area contributed by atoms with E-state index in [1.165, 1.54) is 12.1 Å². The summed E-state index contributed by atoms with van der Waals surface area (Å²) in [5.41, 5.74) is 2.92. The highest BCUT2D eigenvalue weighted by molar-refractivity contribution is 5.96. The highest BCUT2D eigenvalue weighted by Crippen LogP contribution is 2.38. The summed E-state index contributed by atoms with van der Waals surface area (Å²) in [6, 6.07) is 4.80. The van der Waals surface area contributed by atoms with Gasteiger partial charge in [0.25, 0.3) is 6.47 Å². The Balaban J connectivity index is 0.000000604. The van der Waals surface area contributed by atoms with Crippen molar-refractivity contribution in [1.29, 1.82) is 0 Å². The van der Waals surface area contributed by atoms with Gasteiger partial charge in [0.15, 0.2) is 0 Å². The molecule has 0 bridgehead atoms. The molecular weight excluding hydrogens is 370 g/mol. The van der Waals surface area contributed by atoms with Crippen LogP contribution in [0.2, 0.25) is 0 Å². The number of benzene rings is 1. The number of alkyl halides is 1. The van der Waals surface area contributed by atoms with Crippen LogP contribution in [-0.4, -0.2) is 45.5 Å². The van der Waals surface area contributed by atoms with Crippen LogP contribution in [0.25, 0.3) is 22.3 Å². The second kappa shape index (κ2) is 7.67. The molecule has 3 aromatic rings. The van der Waals surface area contributed by atoms with Crippen molar-refractivity contribution >= 4 is 17.4 Å². The Labute approximate surface area is 159 Å².